The van der Waals surface area contributed by atoms with Crippen LogP contribution in [-0.4, -0.2) is 19.1 Å². The van der Waals surface area contributed by atoms with Gasteiger partial charge in [0.25, 0.3) is 0 Å². The van der Waals surface area contributed by atoms with E-state index in [1.165, 1.54) is 5.56 Å². The van der Waals surface area contributed by atoms with E-state index in [1.54, 1.807) is 11.3 Å². The Morgan fingerprint density at radius 3 is 2.90 bits per heavy atom. The maximum atomic E-state index is 3.19. The summed E-state index contributed by atoms with van der Waals surface area (Å²) in [7, 11) is 3.98. The van der Waals surface area contributed by atoms with E-state index in [0.29, 0.717) is 0 Å². The zero-order valence-electron chi connectivity index (χ0n) is 6.29. The minimum Gasteiger partial charge on any atom is -0.251 e. The lowest BCUT2D eigenvalue weighted by molar-refractivity contribution is 0.286. The molecule has 0 saturated carbocycles. The fourth-order valence-electron chi connectivity index (χ4n) is 0.643. The van der Waals surface area contributed by atoms with Gasteiger partial charge in [0.05, 0.1) is 0 Å². The summed E-state index contributed by atoms with van der Waals surface area (Å²) in [5.41, 5.74) is 4.53. The van der Waals surface area contributed by atoms with Crippen LogP contribution in [0.3, 0.4) is 0 Å². The van der Waals surface area contributed by atoms with Gasteiger partial charge in [-0.05, 0) is 22.4 Å². The molecule has 2 nitrogen and oxygen atoms in total. The highest BCUT2D eigenvalue weighted by molar-refractivity contribution is 7.07. The van der Waals surface area contributed by atoms with Crippen molar-refractivity contribution < 1.29 is 0 Å². The molecule has 0 radical (unpaired) electrons. The molecule has 0 aliphatic carbocycles. The van der Waals surface area contributed by atoms with Gasteiger partial charge in [-0.2, -0.15) is 11.3 Å². The molecule has 0 bridgehead atoms. The van der Waals surface area contributed by atoms with Gasteiger partial charge in [-0.15, -0.1) is 0 Å². The van der Waals surface area contributed by atoms with Crippen LogP contribution >= 0.6 is 11.3 Å². The van der Waals surface area contributed by atoms with Crippen LogP contribution in [-0.2, 0) is 6.54 Å². The van der Waals surface area contributed by atoms with Gasteiger partial charge in [-0.3, -0.25) is 10.4 Å². The number of hydrogen-bond acceptors (Lipinski definition) is 3. The van der Waals surface area contributed by atoms with Crippen molar-refractivity contribution in [2.45, 2.75) is 6.54 Å². The number of nitrogens with one attached hydrogen (secondary N) is 1. The third kappa shape index (κ3) is 2.47. The van der Waals surface area contributed by atoms with Gasteiger partial charge in [0.1, 0.15) is 0 Å². The van der Waals surface area contributed by atoms with E-state index in [1.807, 2.05) is 19.1 Å². The van der Waals surface area contributed by atoms with Crippen molar-refractivity contribution in [3.8, 4) is 0 Å². The standard InChI is InChI=1S/C7H12N2S/c1-9(2)8-5-7-3-4-10-6-7/h3-4,6,8H,5H2,1-2H3. The molecule has 0 aliphatic rings. The summed E-state index contributed by atoms with van der Waals surface area (Å²) < 4.78 is 0. The van der Waals surface area contributed by atoms with Crippen LogP contribution in [0.1, 0.15) is 5.56 Å². The maximum absolute atomic E-state index is 3.19. The highest BCUT2D eigenvalue weighted by Gasteiger charge is 1.91. The van der Waals surface area contributed by atoms with E-state index in [-0.39, 0.29) is 0 Å². The number of hydrazine groups is 1. The summed E-state index contributed by atoms with van der Waals surface area (Å²) in [6.07, 6.45) is 0. The monoisotopic (exact) mass is 156 g/mol. The van der Waals surface area contributed by atoms with E-state index in [2.05, 4.69) is 22.3 Å². The lowest BCUT2D eigenvalue weighted by Crippen LogP contribution is -2.29. The van der Waals surface area contributed by atoms with Crippen LogP contribution < -0.4 is 5.43 Å². The predicted molar refractivity (Wildman–Crippen MR) is 44.8 cm³/mol. The number of hydrogen-bond donors (Lipinski definition) is 1. The van der Waals surface area contributed by atoms with E-state index in [0.717, 1.165) is 6.54 Å². The van der Waals surface area contributed by atoms with Gasteiger partial charge in [0.15, 0.2) is 0 Å². The van der Waals surface area contributed by atoms with Gasteiger partial charge in [-0.25, -0.2) is 0 Å². The Bertz CT molecular complexity index is 170. The van der Waals surface area contributed by atoms with E-state index < -0.39 is 0 Å². The first-order valence-corrected chi connectivity index (χ1v) is 4.15. The van der Waals surface area contributed by atoms with Crippen molar-refractivity contribution in [3.05, 3.63) is 22.4 Å². The third-order valence-electron chi connectivity index (χ3n) is 1.18. The number of rotatable bonds is 3. The van der Waals surface area contributed by atoms with Crippen LogP contribution in [0.15, 0.2) is 16.8 Å². The first-order chi connectivity index (χ1) is 4.79. The zero-order valence-corrected chi connectivity index (χ0v) is 7.11. The first-order valence-electron chi connectivity index (χ1n) is 3.21. The quantitative estimate of drug-likeness (QED) is 0.664. The van der Waals surface area contributed by atoms with Crippen LogP contribution in [0.5, 0.6) is 0 Å². The summed E-state index contributed by atoms with van der Waals surface area (Å²) >= 11 is 1.73. The molecule has 10 heavy (non-hydrogen) atoms. The number of thiophene rings is 1. The molecular weight excluding hydrogens is 144 g/mol. The summed E-state index contributed by atoms with van der Waals surface area (Å²) in [5, 5.41) is 6.20. The van der Waals surface area contributed by atoms with E-state index in [9.17, 15) is 0 Å². The van der Waals surface area contributed by atoms with E-state index in [4.69, 9.17) is 0 Å². The Balaban J connectivity index is 2.28. The lowest BCUT2D eigenvalue weighted by Gasteiger charge is -2.09. The van der Waals surface area contributed by atoms with Crippen molar-refractivity contribution in [3.63, 3.8) is 0 Å². The molecule has 0 amide bonds. The highest BCUT2D eigenvalue weighted by atomic mass is 32.1. The average molecular weight is 156 g/mol. The molecule has 0 unspecified atom stereocenters. The second-order valence-corrected chi connectivity index (χ2v) is 3.14. The minimum absolute atomic E-state index is 0.927. The molecule has 1 rings (SSSR count). The molecule has 0 fully saturated rings. The van der Waals surface area contributed by atoms with Gasteiger partial charge >= 0.3 is 0 Å². The van der Waals surface area contributed by atoms with Crippen LogP contribution in [0, 0.1) is 0 Å². The fraction of sp³-hybridized carbons (Fsp3) is 0.429. The molecule has 1 heterocycles. The van der Waals surface area contributed by atoms with Crippen LogP contribution in [0.2, 0.25) is 0 Å². The molecule has 3 heteroatoms. The molecule has 0 atom stereocenters. The zero-order chi connectivity index (χ0) is 7.40. The second-order valence-electron chi connectivity index (χ2n) is 2.36. The number of nitrogens with zero attached hydrogens (tertiary/aromatic N) is 1. The van der Waals surface area contributed by atoms with Crippen molar-refractivity contribution in [1.82, 2.24) is 10.4 Å². The smallest absolute Gasteiger partial charge is 0.0361 e. The maximum Gasteiger partial charge on any atom is 0.0361 e. The Labute approximate surface area is 65.4 Å². The Morgan fingerprint density at radius 2 is 2.40 bits per heavy atom. The summed E-state index contributed by atoms with van der Waals surface area (Å²) in [6.45, 7) is 0.927. The Morgan fingerprint density at radius 1 is 1.60 bits per heavy atom. The first kappa shape index (κ1) is 7.72. The van der Waals surface area contributed by atoms with Crippen molar-refractivity contribution >= 4 is 11.3 Å². The molecule has 1 N–H and O–H groups in total. The average Bonchev–Trinajstić information content (AvgIpc) is 2.34. The van der Waals surface area contributed by atoms with Gasteiger partial charge in [0, 0.05) is 20.6 Å². The third-order valence-corrected chi connectivity index (χ3v) is 1.91. The van der Waals surface area contributed by atoms with Crippen molar-refractivity contribution in [1.29, 1.82) is 0 Å². The SMILES string of the molecule is CN(C)NCc1ccsc1. The summed E-state index contributed by atoms with van der Waals surface area (Å²) in [4.78, 5) is 0. The Hall–Kier alpha value is -0.380. The van der Waals surface area contributed by atoms with Gasteiger partial charge < -0.3 is 0 Å². The molecule has 1 aromatic heterocycles. The topological polar surface area (TPSA) is 15.3 Å². The molecule has 1 aromatic rings. The minimum atomic E-state index is 0.927. The van der Waals surface area contributed by atoms with Crippen molar-refractivity contribution in [2.75, 3.05) is 14.1 Å². The highest BCUT2D eigenvalue weighted by Crippen LogP contribution is 2.04. The van der Waals surface area contributed by atoms with Crippen molar-refractivity contribution in [2.24, 2.45) is 0 Å². The Kier molecular flexibility index (Phi) is 2.86. The molecular formula is C7H12N2S. The molecule has 0 aromatic carbocycles. The summed E-state index contributed by atoms with van der Waals surface area (Å²) in [5.74, 6) is 0. The van der Waals surface area contributed by atoms with Crippen LogP contribution in [0.25, 0.3) is 0 Å². The van der Waals surface area contributed by atoms with Gasteiger partial charge in [0.2, 0.25) is 0 Å². The lowest BCUT2D eigenvalue weighted by atomic mass is 10.3. The summed E-state index contributed by atoms with van der Waals surface area (Å²) in [6, 6.07) is 2.13. The normalized spacial score (nSPS) is 10.7. The molecule has 56 valence electrons. The largest absolute Gasteiger partial charge is 0.251 e. The van der Waals surface area contributed by atoms with Crippen LogP contribution in [0.4, 0.5) is 0 Å². The molecule has 0 aliphatic heterocycles. The molecule has 0 saturated heterocycles. The second kappa shape index (κ2) is 3.71. The molecule has 0 spiro atoms. The predicted octanol–water partition coefficient (Wildman–Crippen LogP) is 1.31. The van der Waals surface area contributed by atoms with Gasteiger partial charge in [-0.1, -0.05) is 0 Å². The fourth-order valence-corrected chi connectivity index (χ4v) is 1.31. The van der Waals surface area contributed by atoms with E-state index >= 15 is 0 Å².